The van der Waals surface area contributed by atoms with Crippen LogP contribution < -0.4 is 0 Å². The molecule has 2 aliphatic heterocycles. The number of ether oxygens (including phenoxy) is 1. The van der Waals surface area contributed by atoms with Crippen molar-refractivity contribution in [2.45, 2.75) is 88.9 Å². The lowest BCUT2D eigenvalue weighted by atomic mass is 9.69. The maximum absolute atomic E-state index is 12.8. The van der Waals surface area contributed by atoms with E-state index in [1.165, 1.54) is 44.9 Å². The highest BCUT2D eigenvalue weighted by atomic mass is 16.5. The van der Waals surface area contributed by atoms with Gasteiger partial charge in [0.15, 0.2) is 0 Å². The van der Waals surface area contributed by atoms with Gasteiger partial charge in [0.2, 0.25) is 0 Å². The van der Waals surface area contributed by atoms with Gasteiger partial charge in [0.1, 0.15) is 5.69 Å². The van der Waals surface area contributed by atoms with E-state index in [1.54, 1.807) is 0 Å². The number of aryl methyl sites for hydroxylation is 1. The van der Waals surface area contributed by atoms with Crippen molar-refractivity contribution < 1.29 is 9.53 Å². The van der Waals surface area contributed by atoms with Gasteiger partial charge >= 0.3 is 0 Å². The molecule has 1 aromatic rings. The van der Waals surface area contributed by atoms with E-state index in [0.29, 0.717) is 23.4 Å². The Balaban J connectivity index is 1.19. The monoisotopic (exact) mass is 400 g/mol. The van der Waals surface area contributed by atoms with Gasteiger partial charge in [0.25, 0.3) is 5.91 Å². The van der Waals surface area contributed by atoms with Gasteiger partial charge in [-0.3, -0.25) is 14.4 Å². The van der Waals surface area contributed by atoms with Crippen LogP contribution >= 0.6 is 0 Å². The zero-order valence-corrected chi connectivity index (χ0v) is 17.9. The molecule has 1 spiro atoms. The van der Waals surface area contributed by atoms with E-state index in [1.807, 2.05) is 28.8 Å². The molecule has 160 valence electrons. The first kappa shape index (κ1) is 19.6. The Kier molecular flexibility index (Phi) is 5.41. The van der Waals surface area contributed by atoms with Crippen LogP contribution in [-0.4, -0.2) is 69.4 Å². The van der Waals surface area contributed by atoms with Crippen molar-refractivity contribution in [1.29, 1.82) is 0 Å². The number of hydrogen-bond acceptors (Lipinski definition) is 4. The molecule has 2 saturated heterocycles. The van der Waals surface area contributed by atoms with Gasteiger partial charge in [-0.15, -0.1) is 0 Å². The van der Waals surface area contributed by atoms with E-state index in [-0.39, 0.29) is 5.91 Å². The number of piperidine rings is 1. The number of rotatable bonds is 6. The summed E-state index contributed by atoms with van der Waals surface area (Å²) >= 11 is 0. The fraction of sp³-hybridized carbons (Fsp3) is 0.826. The fourth-order valence-electron chi connectivity index (χ4n) is 5.83. The lowest BCUT2D eigenvalue weighted by Crippen LogP contribution is -2.75. The number of carbonyl (C=O) groups excluding carboxylic acids is 1. The second-order valence-corrected chi connectivity index (χ2v) is 9.66. The van der Waals surface area contributed by atoms with Gasteiger partial charge in [-0.1, -0.05) is 19.3 Å². The summed E-state index contributed by atoms with van der Waals surface area (Å²) in [7, 11) is 0. The molecule has 0 bridgehead atoms. The molecule has 1 unspecified atom stereocenters. The number of aromatic nitrogens is 2. The summed E-state index contributed by atoms with van der Waals surface area (Å²) in [6.07, 6.45) is 13.9. The summed E-state index contributed by atoms with van der Waals surface area (Å²) in [5, 5.41) is 4.40. The van der Waals surface area contributed by atoms with E-state index in [0.717, 1.165) is 51.5 Å². The molecule has 1 atom stereocenters. The number of nitrogens with zero attached hydrogens (tertiary/aromatic N) is 4. The number of likely N-dealkylation sites (tertiary alicyclic amines) is 2. The van der Waals surface area contributed by atoms with Crippen molar-refractivity contribution in [3.63, 3.8) is 0 Å². The van der Waals surface area contributed by atoms with Crippen LogP contribution in [0.5, 0.6) is 0 Å². The molecule has 0 N–H and O–H groups in total. The molecule has 6 heteroatoms. The zero-order chi connectivity index (χ0) is 19.8. The van der Waals surface area contributed by atoms with E-state index < -0.39 is 0 Å². The lowest BCUT2D eigenvalue weighted by Gasteiger charge is -2.63. The Morgan fingerprint density at radius 2 is 1.93 bits per heavy atom. The van der Waals surface area contributed by atoms with Crippen LogP contribution in [0.4, 0.5) is 0 Å². The molecule has 1 amide bonds. The molecule has 4 aliphatic rings. The predicted molar refractivity (Wildman–Crippen MR) is 112 cm³/mol. The number of amides is 1. The summed E-state index contributed by atoms with van der Waals surface area (Å²) in [5.74, 6) is 0.937. The lowest BCUT2D eigenvalue weighted by molar-refractivity contribution is -0.202. The minimum absolute atomic E-state index is 0.0947. The molecular weight excluding hydrogens is 364 g/mol. The Morgan fingerprint density at radius 3 is 2.59 bits per heavy atom. The van der Waals surface area contributed by atoms with Crippen LogP contribution in [0.3, 0.4) is 0 Å². The highest BCUT2D eigenvalue weighted by Crippen LogP contribution is 2.48. The van der Waals surface area contributed by atoms with Crippen LogP contribution in [0.25, 0.3) is 0 Å². The van der Waals surface area contributed by atoms with Crippen LogP contribution in [0.15, 0.2) is 12.3 Å². The number of hydrogen-bond donors (Lipinski definition) is 0. The van der Waals surface area contributed by atoms with Gasteiger partial charge in [-0.25, -0.2) is 0 Å². The van der Waals surface area contributed by atoms with Gasteiger partial charge in [0, 0.05) is 50.6 Å². The summed E-state index contributed by atoms with van der Waals surface area (Å²) < 4.78 is 8.26. The van der Waals surface area contributed by atoms with Crippen molar-refractivity contribution in [1.82, 2.24) is 19.6 Å². The third-order valence-electron chi connectivity index (χ3n) is 7.86. The molecule has 5 rings (SSSR count). The first-order valence-corrected chi connectivity index (χ1v) is 11.9. The summed E-state index contributed by atoms with van der Waals surface area (Å²) in [4.78, 5) is 17.6. The SMILES string of the molecule is CCn1ccc(C(=O)N2CCC(N3CC(OCC4CC4)C34CCCCC4)CC2)n1. The standard InChI is InChI=1S/C23H36N4O2/c1-2-26-15-10-20(24-26)22(28)25-13-8-19(9-14-25)27-16-21(29-17-18-6-7-18)23(27)11-4-3-5-12-23/h10,15,18-19,21H,2-9,11-14,16-17H2,1H3. The van der Waals surface area contributed by atoms with Crippen LogP contribution in [0.2, 0.25) is 0 Å². The quantitative estimate of drug-likeness (QED) is 0.735. The molecule has 2 saturated carbocycles. The fourth-order valence-corrected chi connectivity index (χ4v) is 5.83. The van der Waals surface area contributed by atoms with Crippen LogP contribution in [0.1, 0.15) is 75.2 Å². The van der Waals surface area contributed by atoms with E-state index >= 15 is 0 Å². The number of carbonyl (C=O) groups is 1. The average Bonchev–Trinajstić information content (AvgIpc) is 3.47. The van der Waals surface area contributed by atoms with Crippen molar-refractivity contribution in [3.05, 3.63) is 18.0 Å². The highest BCUT2D eigenvalue weighted by Gasteiger charge is 2.56. The second-order valence-electron chi connectivity index (χ2n) is 9.66. The minimum Gasteiger partial charge on any atom is -0.375 e. The largest absolute Gasteiger partial charge is 0.375 e. The van der Waals surface area contributed by atoms with Gasteiger partial charge in [-0.05, 0) is 57.4 Å². The Labute approximate surface area is 174 Å². The van der Waals surface area contributed by atoms with E-state index in [2.05, 4.69) is 10.00 Å². The van der Waals surface area contributed by atoms with Crippen LogP contribution in [0, 0.1) is 5.92 Å². The molecule has 6 nitrogen and oxygen atoms in total. The van der Waals surface area contributed by atoms with Crippen molar-refractivity contribution in [3.8, 4) is 0 Å². The maximum atomic E-state index is 12.8. The summed E-state index contributed by atoms with van der Waals surface area (Å²) in [6.45, 7) is 6.63. The first-order valence-electron chi connectivity index (χ1n) is 11.9. The molecule has 29 heavy (non-hydrogen) atoms. The molecule has 0 radical (unpaired) electrons. The van der Waals surface area contributed by atoms with E-state index in [9.17, 15) is 4.79 Å². The molecule has 3 heterocycles. The van der Waals surface area contributed by atoms with Crippen LogP contribution in [-0.2, 0) is 11.3 Å². The summed E-state index contributed by atoms with van der Waals surface area (Å²) in [5.41, 5.74) is 0.885. The topological polar surface area (TPSA) is 50.6 Å². The third kappa shape index (κ3) is 3.74. The Hall–Kier alpha value is -1.40. The van der Waals surface area contributed by atoms with E-state index in [4.69, 9.17) is 4.74 Å². The van der Waals surface area contributed by atoms with Gasteiger partial charge in [0.05, 0.1) is 6.10 Å². The molecule has 0 aromatic carbocycles. The zero-order valence-electron chi connectivity index (χ0n) is 17.9. The average molecular weight is 401 g/mol. The predicted octanol–water partition coefficient (Wildman–Crippen LogP) is 3.32. The van der Waals surface area contributed by atoms with Gasteiger partial charge < -0.3 is 9.64 Å². The molecule has 4 fully saturated rings. The Bertz CT molecular complexity index is 714. The van der Waals surface area contributed by atoms with Crippen molar-refractivity contribution >= 4 is 5.91 Å². The smallest absolute Gasteiger partial charge is 0.274 e. The minimum atomic E-state index is 0.0947. The maximum Gasteiger partial charge on any atom is 0.274 e. The van der Waals surface area contributed by atoms with Gasteiger partial charge in [-0.2, -0.15) is 5.10 Å². The first-order chi connectivity index (χ1) is 14.2. The molecule has 2 aliphatic carbocycles. The normalized spacial score (nSPS) is 27.9. The third-order valence-corrected chi connectivity index (χ3v) is 7.86. The summed E-state index contributed by atoms with van der Waals surface area (Å²) in [6, 6.07) is 2.46. The highest BCUT2D eigenvalue weighted by molar-refractivity contribution is 5.92. The molecule has 1 aromatic heterocycles. The second kappa shape index (κ2) is 8.03. The Morgan fingerprint density at radius 1 is 1.17 bits per heavy atom. The molecular formula is C23H36N4O2. The van der Waals surface area contributed by atoms with Crippen molar-refractivity contribution in [2.75, 3.05) is 26.2 Å². The van der Waals surface area contributed by atoms with Crippen molar-refractivity contribution in [2.24, 2.45) is 5.92 Å².